The number of amides is 1. The molecule has 0 saturated heterocycles. The Morgan fingerprint density at radius 1 is 1.17 bits per heavy atom. The molecule has 0 spiro atoms. The van der Waals surface area contributed by atoms with E-state index in [1.54, 1.807) is 0 Å². The Labute approximate surface area is 142 Å². The van der Waals surface area contributed by atoms with Crippen molar-refractivity contribution in [2.24, 2.45) is 0 Å². The number of rotatable bonds is 4. The predicted octanol–water partition coefficient (Wildman–Crippen LogP) is 3.27. The molecule has 1 amide bonds. The van der Waals surface area contributed by atoms with Crippen LogP contribution in [0.2, 0.25) is 5.02 Å². The number of hydrogen-bond acceptors (Lipinski definition) is 3. The number of sulfonamides is 1. The number of halogens is 3. The average Bonchev–Trinajstić information content (AvgIpc) is 2.49. The fraction of sp³-hybridized carbons (Fsp3) is 0.133. The largest absolute Gasteiger partial charge is 0.317 e. The van der Waals surface area contributed by atoms with Gasteiger partial charge in [0.1, 0.15) is 17.3 Å². The average molecular weight is 375 g/mol. The minimum atomic E-state index is -3.49. The summed E-state index contributed by atoms with van der Waals surface area (Å²) in [6.45, 7) is 0. The third kappa shape index (κ3) is 3.82. The van der Waals surface area contributed by atoms with Crippen LogP contribution in [0.15, 0.2) is 36.4 Å². The second-order valence-electron chi connectivity index (χ2n) is 4.95. The molecule has 2 rings (SSSR count). The van der Waals surface area contributed by atoms with E-state index in [-0.39, 0.29) is 16.3 Å². The molecule has 0 aromatic heterocycles. The van der Waals surface area contributed by atoms with E-state index < -0.39 is 33.3 Å². The topological polar surface area (TPSA) is 66.5 Å². The summed E-state index contributed by atoms with van der Waals surface area (Å²) in [5, 5.41) is 2.05. The minimum Gasteiger partial charge on any atom is -0.317 e. The fourth-order valence-electron chi connectivity index (χ4n) is 1.87. The maximum Gasteiger partial charge on any atom is 0.257 e. The third-order valence-corrected chi connectivity index (χ3v) is 4.78. The van der Waals surface area contributed by atoms with Gasteiger partial charge < -0.3 is 5.32 Å². The molecule has 0 bridgehead atoms. The van der Waals surface area contributed by atoms with Gasteiger partial charge in [-0.3, -0.25) is 9.10 Å². The predicted molar refractivity (Wildman–Crippen MR) is 89.0 cm³/mol. The lowest BCUT2D eigenvalue weighted by Gasteiger charge is -2.17. The summed E-state index contributed by atoms with van der Waals surface area (Å²) in [7, 11) is -2.16. The summed E-state index contributed by atoms with van der Waals surface area (Å²) in [5.41, 5.74) is -0.392. The van der Waals surface area contributed by atoms with Crippen LogP contribution in [0.1, 0.15) is 10.4 Å². The van der Waals surface area contributed by atoms with E-state index in [4.69, 9.17) is 11.6 Å². The first-order valence-corrected chi connectivity index (χ1v) is 8.82. The molecule has 2 aromatic carbocycles. The van der Waals surface area contributed by atoms with Gasteiger partial charge in [-0.05, 0) is 30.3 Å². The summed E-state index contributed by atoms with van der Waals surface area (Å²) in [5.74, 6) is -2.67. The highest BCUT2D eigenvalue weighted by atomic mass is 35.5. The monoisotopic (exact) mass is 374 g/mol. The molecule has 9 heteroatoms. The highest BCUT2D eigenvalue weighted by Gasteiger charge is 2.18. The molecule has 0 heterocycles. The van der Waals surface area contributed by atoms with Crippen LogP contribution in [0.3, 0.4) is 0 Å². The summed E-state index contributed by atoms with van der Waals surface area (Å²) in [4.78, 5) is 12.2. The Bertz CT molecular complexity index is 883. The minimum absolute atomic E-state index is 0.0510. The summed E-state index contributed by atoms with van der Waals surface area (Å²) in [6, 6.07) is 7.08. The van der Waals surface area contributed by atoms with Gasteiger partial charge in [-0.25, -0.2) is 17.2 Å². The van der Waals surface area contributed by atoms with E-state index >= 15 is 0 Å². The first-order valence-electron chi connectivity index (χ1n) is 6.60. The van der Waals surface area contributed by atoms with Crippen LogP contribution in [-0.4, -0.2) is 27.6 Å². The van der Waals surface area contributed by atoms with Gasteiger partial charge >= 0.3 is 0 Å². The maximum absolute atomic E-state index is 13.6. The molecule has 5 nitrogen and oxygen atoms in total. The maximum atomic E-state index is 13.6. The molecule has 0 saturated carbocycles. The lowest BCUT2D eigenvalue weighted by molar-refractivity contribution is 0.102. The van der Waals surface area contributed by atoms with Gasteiger partial charge in [-0.1, -0.05) is 17.7 Å². The zero-order chi connectivity index (χ0) is 18.1. The Morgan fingerprint density at radius 2 is 1.75 bits per heavy atom. The lowest BCUT2D eigenvalue weighted by atomic mass is 10.2. The van der Waals surface area contributed by atoms with Crippen molar-refractivity contribution in [3.63, 3.8) is 0 Å². The number of anilines is 2. The first kappa shape index (κ1) is 18.2. The molecule has 0 aliphatic carbocycles. The number of hydrogen-bond donors (Lipinski definition) is 1. The number of benzene rings is 2. The van der Waals surface area contributed by atoms with Gasteiger partial charge in [-0.2, -0.15) is 0 Å². The fourth-order valence-corrected chi connectivity index (χ4v) is 2.63. The molecule has 0 fully saturated rings. The van der Waals surface area contributed by atoms with Gasteiger partial charge in [0.15, 0.2) is 0 Å². The lowest BCUT2D eigenvalue weighted by Crippen LogP contribution is -2.25. The van der Waals surface area contributed by atoms with Crippen molar-refractivity contribution in [1.29, 1.82) is 0 Å². The summed E-state index contributed by atoms with van der Waals surface area (Å²) >= 11 is 5.99. The van der Waals surface area contributed by atoms with Crippen LogP contribution in [0, 0.1) is 11.6 Å². The van der Waals surface area contributed by atoms with Crippen molar-refractivity contribution in [3.8, 4) is 0 Å². The molecular weight excluding hydrogens is 362 g/mol. The van der Waals surface area contributed by atoms with Gasteiger partial charge in [-0.15, -0.1) is 0 Å². The van der Waals surface area contributed by atoms with Crippen molar-refractivity contribution in [2.75, 3.05) is 22.9 Å². The van der Waals surface area contributed by atoms with E-state index in [0.717, 1.165) is 22.7 Å². The zero-order valence-electron chi connectivity index (χ0n) is 12.7. The first-order chi connectivity index (χ1) is 11.1. The molecule has 0 aliphatic heterocycles. The van der Waals surface area contributed by atoms with Gasteiger partial charge in [0.05, 0.1) is 22.5 Å². The molecule has 1 N–H and O–H groups in total. The van der Waals surface area contributed by atoms with E-state index in [2.05, 4.69) is 5.32 Å². The van der Waals surface area contributed by atoms with Crippen LogP contribution in [0.5, 0.6) is 0 Å². The number of para-hydroxylation sites is 1. The third-order valence-electron chi connectivity index (χ3n) is 3.26. The Morgan fingerprint density at radius 3 is 2.25 bits per heavy atom. The molecule has 0 atom stereocenters. The number of nitrogens with zero attached hydrogens (tertiary/aromatic N) is 1. The SMILES string of the molecule is CN(c1ccc(C(=O)Nc2c(F)cccc2F)c(Cl)c1)S(C)(=O)=O. The molecule has 24 heavy (non-hydrogen) atoms. The Balaban J connectivity index is 2.31. The standard InChI is InChI=1S/C15H13ClF2N2O3S/c1-20(24(2,22)23)9-6-7-10(11(16)8-9)15(21)19-14-12(17)4-3-5-13(14)18/h3-8H,1-2H3,(H,19,21). The molecule has 0 radical (unpaired) electrons. The van der Waals surface area contributed by atoms with Crippen molar-refractivity contribution in [2.45, 2.75) is 0 Å². The highest BCUT2D eigenvalue weighted by molar-refractivity contribution is 7.92. The quantitative estimate of drug-likeness (QED) is 0.893. The number of carbonyl (C=O) groups is 1. The van der Waals surface area contributed by atoms with Crippen molar-refractivity contribution < 1.29 is 22.0 Å². The number of carbonyl (C=O) groups excluding carboxylic acids is 1. The van der Waals surface area contributed by atoms with Gasteiger partial charge in [0.25, 0.3) is 5.91 Å². The molecule has 2 aromatic rings. The van der Waals surface area contributed by atoms with Crippen molar-refractivity contribution in [3.05, 3.63) is 58.6 Å². The molecule has 0 aliphatic rings. The van der Waals surface area contributed by atoms with Crippen LogP contribution >= 0.6 is 11.6 Å². The van der Waals surface area contributed by atoms with E-state index in [9.17, 15) is 22.0 Å². The molecule has 128 valence electrons. The molecular formula is C15H13ClF2N2O3S. The summed E-state index contributed by atoms with van der Waals surface area (Å²) in [6.07, 6.45) is 1.02. The van der Waals surface area contributed by atoms with Crippen LogP contribution in [0.25, 0.3) is 0 Å². The Kier molecular flexibility index (Phi) is 5.10. The van der Waals surface area contributed by atoms with Gasteiger partial charge in [0, 0.05) is 7.05 Å². The highest BCUT2D eigenvalue weighted by Crippen LogP contribution is 2.26. The van der Waals surface area contributed by atoms with Crippen LogP contribution in [0.4, 0.5) is 20.2 Å². The second-order valence-corrected chi connectivity index (χ2v) is 7.37. The molecule has 0 unspecified atom stereocenters. The Hall–Kier alpha value is -2.19. The smallest absolute Gasteiger partial charge is 0.257 e. The van der Waals surface area contributed by atoms with Crippen LogP contribution in [-0.2, 0) is 10.0 Å². The normalized spacial score (nSPS) is 11.2. The van der Waals surface area contributed by atoms with Gasteiger partial charge in [0.2, 0.25) is 10.0 Å². The van der Waals surface area contributed by atoms with Crippen LogP contribution < -0.4 is 9.62 Å². The van der Waals surface area contributed by atoms with Crippen molar-refractivity contribution >= 4 is 38.9 Å². The van der Waals surface area contributed by atoms with E-state index in [1.165, 1.54) is 31.3 Å². The van der Waals surface area contributed by atoms with E-state index in [0.29, 0.717) is 0 Å². The van der Waals surface area contributed by atoms with Crippen molar-refractivity contribution in [1.82, 2.24) is 0 Å². The van der Waals surface area contributed by atoms with E-state index in [1.807, 2.05) is 0 Å². The second kappa shape index (κ2) is 6.74. The number of nitrogens with one attached hydrogen (secondary N) is 1. The zero-order valence-corrected chi connectivity index (χ0v) is 14.3. The summed E-state index contributed by atoms with van der Waals surface area (Å²) < 4.78 is 51.1.